The van der Waals surface area contributed by atoms with Crippen molar-refractivity contribution in [2.45, 2.75) is 0 Å². The molecule has 138 valence electrons. The van der Waals surface area contributed by atoms with Gasteiger partial charge in [-0.15, -0.1) is 0 Å². The van der Waals surface area contributed by atoms with Crippen molar-refractivity contribution in [3.8, 4) is 28.7 Å². The Balaban J connectivity index is 2.35. The minimum atomic E-state index is -0.787. The van der Waals surface area contributed by atoms with Crippen LogP contribution >= 0.6 is 0 Å². The van der Waals surface area contributed by atoms with Crippen molar-refractivity contribution >= 4 is 11.7 Å². The minimum absolute atomic E-state index is 0.00810. The van der Waals surface area contributed by atoms with Gasteiger partial charge in [0.1, 0.15) is 5.75 Å². The quantitative estimate of drug-likeness (QED) is 0.320. The van der Waals surface area contributed by atoms with E-state index in [4.69, 9.17) is 23.7 Å². The van der Waals surface area contributed by atoms with Gasteiger partial charge in [0.2, 0.25) is 5.75 Å². The number of rotatable bonds is 7. The Morgan fingerprint density at radius 3 is 1.92 bits per heavy atom. The fourth-order valence-electron chi connectivity index (χ4n) is 2.24. The van der Waals surface area contributed by atoms with Gasteiger partial charge in [-0.05, 0) is 12.1 Å². The number of ether oxygens (including phenoxy) is 5. The Hall–Kier alpha value is -3.49. The summed E-state index contributed by atoms with van der Waals surface area (Å²) in [6, 6.07) is 6.66. The van der Waals surface area contributed by atoms with Crippen molar-refractivity contribution in [1.82, 2.24) is 0 Å². The third kappa shape index (κ3) is 3.77. The van der Waals surface area contributed by atoms with E-state index in [0.717, 1.165) is 6.07 Å². The van der Waals surface area contributed by atoms with Gasteiger partial charge in [-0.3, -0.25) is 10.1 Å². The average Bonchev–Trinajstić information content (AvgIpc) is 2.66. The number of esters is 1. The van der Waals surface area contributed by atoms with E-state index in [0.29, 0.717) is 17.2 Å². The summed E-state index contributed by atoms with van der Waals surface area (Å²) in [6.45, 7) is 0. The second-order valence-electron chi connectivity index (χ2n) is 4.89. The zero-order valence-electron chi connectivity index (χ0n) is 14.6. The van der Waals surface area contributed by atoms with Crippen LogP contribution in [0.25, 0.3) is 0 Å². The van der Waals surface area contributed by atoms with E-state index >= 15 is 0 Å². The molecule has 0 aliphatic rings. The maximum Gasteiger partial charge on any atom is 0.343 e. The lowest BCUT2D eigenvalue weighted by Gasteiger charge is -2.14. The summed E-state index contributed by atoms with van der Waals surface area (Å²) in [7, 11) is 5.60. The summed E-state index contributed by atoms with van der Waals surface area (Å²) < 4.78 is 25.7. The lowest BCUT2D eigenvalue weighted by atomic mass is 10.2. The van der Waals surface area contributed by atoms with Gasteiger partial charge in [0, 0.05) is 18.2 Å². The number of hydrogen-bond donors (Lipinski definition) is 0. The Morgan fingerprint density at radius 1 is 0.885 bits per heavy atom. The highest BCUT2D eigenvalue weighted by molar-refractivity contribution is 5.92. The molecule has 0 amide bonds. The van der Waals surface area contributed by atoms with Crippen molar-refractivity contribution in [3.05, 3.63) is 46.0 Å². The van der Waals surface area contributed by atoms with Gasteiger partial charge in [-0.2, -0.15) is 0 Å². The third-order valence-electron chi connectivity index (χ3n) is 3.46. The lowest BCUT2D eigenvalue weighted by molar-refractivity contribution is -0.385. The molecule has 0 atom stereocenters. The van der Waals surface area contributed by atoms with Crippen LogP contribution in [-0.2, 0) is 0 Å². The van der Waals surface area contributed by atoms with Crippen molar-refractivity contribution < 1.29 is 33.4 Å². The zero-order valence-corrected chi connectivity index (χ0v) is 14.6. The number of nitro benzene ring substituents is 1. The van der Waals surface area contributed by atoms with Crippen LogP contribution in [0, 0.1) is 10.1 Å². The molecule has 9 nitrogen and oxygen atoms in total. The van der Waals surface area contributed by atoms with Crippen LogP contribution in [0.1, 0.15) is 10.4 Å². The number of carbonyl (C=O) groups excluding carboxylic acids is 1. The van der Waals surface area contributed by atoms with Crippen LogP contribution in [0.5, 0.6) is 28.7 Å². The van der Waals surface area contributed by atoms with E-state index in [2.05, 4.69) is 0 Å². The summed E-state index contributed by atoms with van der Waals surface area (Å²) >= 11 is 0. The van der Waals surface area contributed by atoms with Crippen molar-refractivity contribution in [2.24, 2.45) is 0 Å². The van der Waals surface area contributed by atoms with Crippen LogP contribution in [-0.4, -0.2) is 39.3 Å². The molecule has 9 heteroatoms. The summed E-state index contributed by atoms with van der Waals surface area (Å²) in [5.74, 6) is 0.327. The lowest BCUT2D eigenvalue weighted by Crippen LogP contribution is -2.09. The van der Waals surface area contributed by atoms with Gasteiger partial charge in [0.25, 0.3) is 0 Å². The Bertz CT molecular complexity index is 809. The zero-order chi connectivity index (χ0) is 19.3. The molecule has 0 N–H and O–H groups in total. The molecule has 0 aliphatic carbocycles. The highest BCUT2D eigenvalue weighted by atomic mass is 16.6. The molecule has 0 aliphatic heterocycles. The van der Waals surface area contributed by atoms with Gasteiger partial charge >= 0.3 is 11.7 Å². The summed E-state index contributed by atoms with van der Waals surface area (Å²) in [5, 5.41) is 11.1. The molecule has 0 unspecified atom stereocenters. The number of hydrogen-bond acceptors (Lipinski definition) is 8. The monoisotopic (exact) mass is 363 g/mol. The van der Waals surface area contributed by atoms with Gasteiger partial charge in [0.05, 0.1) is 38.9 Å². The van der Waals surface area contributed by atoms with E-state index in [1.807, 2.05) is 0 Å². The van der Waals surface area contributed by atoms with Crippen molar-refractivity contribution in [3.63, 3.8) is 0 Å². The van der Waals surface area contributed by atoms with Crippen molar-refractivity contribution in [1.29, 1.82) is 0 Å². The largest absolute Gasteiger partial charge is 0.493 e. The van der Waals surface area contributed by atoms with E-state index in [9.17, 15) is 14.9 Å². The molecule has 0 saturated heterocycles. The van der Waals surface area contributed by atoms with E-state index in [1.54, 1.807) is 0 Å². The first-order valence-corrected chi connectivity index (χ1v) is 7.29. The van der Waals surface area contributed by atoms with Crippen molar-refractivity contribution in [2.75, 3.05) is 28.4 Å². The maximum atomic E-state index is 12.3. The Morgan fingerprint density at radius 2 is 1.46 bits per heavy atom. The standard InChI is InChI=1S/C17H17NO8/c1-22-13-6-5-10(7-12(13)18(20)21)17(19)26-11-8-14(23-2)16(25-4)15(9-11)24-3/h5-9H,1-4H3. The molecule has 0 spiro atoms. The number of nitro groups is 1. The topological polar surface area (TPSA) is 106 Å². The highest BCUT2D eigenvalue weighted by Crippen LogP contribution is 2.41. The first kappa shape index (κ1) is 18.8. The Kier molecular flexibility index (Phi) is 5.84. The number of carbonyl (C=O) groups is 1. The number of benzene rings is 2. The molecule has 2 rings (SSSR count). The smallest absolute Gasteiger partial charge is 0.343 e. The molecule has 2 aromatic carbocycles. The molecular formula is C17H17NO8. The van der Waals surface area contributed by atoms with Gasteiger partial charge in [-0.25, -0.2) is 4.79 Å². The first-order valence-electron chi connectivity index (χ1n) is 7.29. The second-order valence-corrected chi connectivity index (χ2v) is 4.89. The summed E-state index contributed by atoms with van der Waals surface area (Å²) in [6.07, 6.45) is 0. The fourth-order valence-corrected chi connectivity index (χ4v) is 2.24. The maximum absolute atomic E-state index is 12.3. The molecular weight excluding hydrogens is 346 g/mol. The molecule has 0 bridgehead atoms. The van der Waals surface area contributed by atoms with Gasteiger partial charge in [0.15, 0.2) is 17.2 Å². The van der Waals surface area contributed by atoms with E-state index < -0.39 is 10.9 Å². The number of nitrogens with zero attached hydrogens (tertiary/aromatic N) is 1. The summed E-state index contributed by atoms with van der Waals surface area (Å²) in [5.41, 5.74) is -0.349. The minimum Gasteiger partial charge on any atom is -0.493 e. The molecule has 0 aromatic heterocycles. The van der Waals surface area contributed by atoms with E-state index in [-0.39, 0.29) is 22.7 Å². The number of methoxy groups -OCH3 is 4. The molecule has 2 aromatic rings. The van der Waals surface area contributed by atoms with Crippen LogP contribution in [0.4, 0.5) is 5.69 Å². The first-order chi connectivity index (χ1) is 12.4. The second kappa shape index (κ2) is 8.06. The van der Waals surface area contributed by atoms with E-state index in [1.165, 1.54) is 52.7 Å². The molecule has 0 heterocycles. The normalized spacial score (nSPS) is 10.0. The van der Waals surface area contributed by atoms with Gasteiger partial charge < -0.3 is 23.7 Å². The molecule has 26 heavy (non-hydrogen) atoms. The third-order valence-corrected chi connectivity index (χ3v) is 3.46. The fraction of sp³-hybridized carbons (Fsp3) is 0.235. The van der Waals surface area contributed by atoms with Crippen LogP contribution in [0.15, 0.2) is 30.3 Å². The highest BCUT2D eigenvalue weighted by Gasteiger charge is 2.21. The Labute approximate surface area is 149 Å². The SMILES string of the molecule is COc1ccc(C(=O)Oc2cc(OC)c(OC)c(OC)c2)cc1[N+](=O)[O-]. The predicted molar refractivity (Wildman–Crippen MR) is 90.7 cm³/mol. The van der Waals surface area contributed by atoms with Crippen LogP contribution in [0.3, 0.4) is 0 Å². The predicted octanol–water partition coefficient (Wildman–Crippen LogP) is 2.85. The van der Waals surface area contributed by atoms with Crippen LogP contribution in [0.2, 0.25) is 0 Å². The molecule has 0 saturated carbocycles. The molecule has 0 fully saturated rings. The average molecular weight is 363 g/mol. The van der Waals surface area contributed by atoms with Crippen LogP contribution < -0.4 is 23.7 Å². The molecule has 0 radical (unpaired) electrons. The van der Waals surface area contributed by atoms with Gasteiger partial charge in [-0.1, -0.05) is 0 Å². The summed E-state index contributed by atoms with van der Waals surface area (Å²) in [4.78, 5) is 22.8.